The van der Waals surface area contributed by atoms with Gasteiger partial charge in [-0.2, -0.15) is 4.99 Å². The topological polar surface area (TPSA) is 147 Å². The summed E-state index contributed by atoms with van der Waals surface area (Å²) >= 11 is 0. The van der Waals surface area contributed by atoms with Crippen LogP contribution in [0.15, 0.2) is 28.2 Å². The van der Waals surface area contributed by atoms with Gasteiger partial charge in [-0.05, 0) is 51.7 Å². The van der Waals surface area contributed by atoms with Gasteiger partial charge in [0, 0.05) is 11.2 Å². The number of carbonyl (C=O) groups is 1. The number of nitrogens with zero attached hydrogens (tertiary/aromatic N) is 3. The van der Waals surface area contributed by atoms with Gasteiger partial charge in [-0.3, -0.25) is 4.90 Å². The molecule has 2 aliphatic rings. The maximum absolute atomic E-state index is 12.4. The van der Waals surface area contributed by atoms with Gasteiger partial charge < -0.3 is 26.3 Å². The highest BCUT2D eigenvalue weighted by atomic mass is 16.5. The van der Waals surface area contributed by atoms with E-state index in [4.69, 9.17) is 16.2 Å². The molecule has 6 N–H and O–H groups in total. The largest absolute Gasteiger partial charge is 0.490 e. The van der Waals surface area contributed by atoms with Crippen molar-refractivity contribution >= 4 is 36.2 Å². The molecule has 1 aliphatic heterocycles. The first-order chi connectivity index (χ1) is 13.2. The van der Waals surface area contributed by atoms with Crippen LogP contribution >= 0.6 is 0 Å². The molecule has 0 radical (unpaired) electrons. The second kappa shape index (κ2) is 7.80. The van der Waals surface area contributed by atoms with Crippen LogP contribution < -0.4 is 21.8 Å². The molecule has 0 atom stereocenters. The van der Waals surface area contributed by atoms with E-state index in [1.165, 1.54) is 18.2 Å². The molecule has 1 aromatic rings. The first kappa shape index (κ1) is 20.2. The third-order valence-electron chi connectivity index (χ3n) is 4.98. The Hall–Kier alpha value is -2.59. The molecule has 28 heavy (non-hydrogen) atoms. The van der Waals surface area contributed by atoms with Crippen LogP contribution in [0.5, 0.6) is 0 Å². The first-order valence-electron chi connectivity index (χ1n) is 9.44. The van der Waals surface area contributed by atoms with Gasteiger partial charge in [0.05, 0.1) is 11.7 Å². The van der Waals surface area contributed by atoms with E-state index in [2.05, 4.69) is 9.98 Å². The predicted molar refractivity (Wildman–Crippen MR) is 108 cm³/mol. The van der Waals surface area contributed by atoms with E-state index < -0.39 is 18.8 Å². The molecule has 1 fully saturated rings. The summed E-state index contributed by atoms with van der Waals surface area (Å²) in [4.78, 5) is 22.7. The SMILES string of the molecule is CC(C)OC(=O)c1ccc(B(O)O)c(N2C(N)=NC(N)=NC23CCCCC3)c1. The van der Waals surface area contributed by atoms with Crippen molar-refractivity contribution in [1.82, 2.24) is 0 Å². The molecule has 9 nitrogen and oxygen atoms in total. The Kier molecular flexibility index (Phi) is 5.62. The lowest BCUT2D eigenvalue weighted by Gasteiger charge is -2.46. The van der Waals surface area contributed by atoms with E-state index in [0.717, 1.165) is 19.3 Å². The minimum atomic E-state index is -1.76. The molecule has 1 aromatic carbocycles. The van der Waals surface area contributed by atoms with Crippen LogP contribution in [0.1, 0.15) is 56.3 Å². The van der Waals surface area contributed by atoms with Crippen molar-refractivity contribution in [2.75, 3.05) is 4.90 Å². The number of ether oxygens (including phenoxy) is 1. The molecule has 3 rings (SSSR count). The number of carbonyl (C=O) groups excluding carboxylic acids is 1. The fourth-order valence-corrected chi connectivity index (χ4v) is 3.83. The Morgan fingerprint density at radius 1 is 1.25 bits per heavy atom. The van der Waals surface area contributed by atoms with Crippen molar-refractivity contribution in [1.29, 1.82) is 0 Å². The third kappa shape index (κ3) is 3.83. The Bertz CT molecular complexity index is 818. The quantitative estimate of drug-likeness (QED) is 0.421. The summed E-state index contributed by atoms with van der Waals surface area (Å²) in [7, 11) is -1.76. The van der Waals surface area contributed by atoms with Crippen molar-refractivity contribution in [2.45, 2.75) is 57.7 Å². The zero-order valence-corrected chi connectivity index (χ0v) is 16.1. The molecular weight excluding hydrogens is 361 g/mol. The van der Waals surface area contributed by atoms with Crippen molar-refractivity contribution < 1.29 is 19.6 Å². The number of guanidine groups is 2. The molecule has 150 valence electrons. The van der Waals surface area contributed by atoms with Crippen molar-refractivity contribution in [2.24, 2.45) is 21.5 Å². The van der Waals surface area contributed by atoms with Crippen LogP contribution in [0.3, 0.4) is 0 Å². The van der Waals surface area contributed by atoms with Crippen LogP contribution in [-0.4, -0.2) is 46.8 Å². The Morgan fingerprint density at radius 3 is 2.54 bits per heavy atom. The van der Waals surface area contributed by atoms with Gasteiger partial charge in [0.15, 0.2) is 0 Å². The molecule has 0 bridgehead atoms. The standard InChI is InChI=1S/C18H26BN5O4/c1-11(2)28-15(25)12-6-7-13(19(26)27)14(10-12)24-17(21)22-16(20)23-18(24)8-4-3-5-9-18/h6-7,10-11,26-27H,3-5,8-9H2,1-2H3,(H4,20,21,22,23). The van der Waals surface area contributed by atoms with Gasteiger partial charge in [0.25, 0.3) is 0 Å². The highest BCUT2D eigenvalue weighted by molar-refractivity contribution is 6.61. The number of nitrogens with two attached hydrogens (primary N) is 2. The fraction of sp³-hybridized carbons (Fsp3) is 0.500. The van der Waals surface area contributed by atoms with Crippen LogP contribution in [0.2, 0.25) is 0 Å². The summed E-state index contributed by atoms with van der Waals surface area (Å²) in [6, 6.07) is 4.50. The van der Waals surface area contributed by atoms with E-state index in [1.54, 1.807) is 18.7 Å². The summed E-state index contributed by atoms with van der Waals surface area (Å²) in [6.07, 6.45) is 4.00. The number of esters is 1. The highest BCUT2D eigenvalue weighted by Crippen LogP contribution is 2.39. The lowest BCUT2D eigenvalue weighted by atomic mass is 9.77. The van der Waals surface area contributed by atoms with Crippen LogP contribution in [0.25, 0.3) is 0 Å². The molecule has 0 saturated heterocycles. The molecular formula is C18H26BN5O4. The van der Waals surface area contributed by atoms with E-state index in [0.29, 0.717) is 18.5 Å². The summed E-state index contributed by atoms with van der Waals surface area (Å²) in [5.41, 5.74) is 12.2. The molecule has 0 aromatic heterocycles. The average molecular weight is 387 g/mol. The summed E-state index contributed by atoms with van der Waals surface area (Å²) in [5, 5.41) is 19.8. The van der Waals surface area contributed by atoms with Crippen molar-refractivity contribution in [3.63, 3.8) is 0 Å². The minimum absolute atomic E-state index is 0.0946. The zero-order valence-electron chi connectivity index (χ0n) is 16.1. The van der Waals surface area contributed by atoms with Gasteiger partial charge >= 0.3 is 13.1 Å². The predicted octanol–water partition coefficient (Wildman–Crippen LogP) is 0.0414. The van der Waals surface area contributed by atoms with Crippen molar-refractivity contribution in [3.8, 4) is 0 Å². The van der Waals surface area contributed by atoms with E-state index in [1.807, 2.05) is 0 Å². The van der Waals surface area contributed by atoms with Crippen LogP contribution in [-0.2, 0) is 4.74 Å². The lowest BCUT2D eigenvalue weighted by molar-refractivity contribution is 0.0378. The van der Waals surface area contributed by atoms with Gasteiger partial charge in [-0.25, -0.2) is 9.79 Å². The van der Waals surface area contributed by atoms with Crippen molar-refractivity contribution in [3.05, 3.63) is 23.8 Å². The van der Waals surface area contributed by atoms with E-state index in [9.17, 15) is 14.8 Å². The summed E-state index contributed by atoms with van der Waals surface area (Å²) in [5.74, 6) is -0.314. The lowest BCUT2D eigenvalue weighted by Crippen LogP contribution is -2.60. The number of hydrogen-bond acceptors (Lipinski definition) is 9. The first-order valence-corrected chi connectivity index (χ1v) is 9.44. The Labute approximate surface area is 164 Å². The van der Waals surface area contributed by atoms with Gasteiger partial charge in [-0.1, -0.05) is 12.5 Å². The maximum atomic E-state index is 12.4. The number of aliphatic imine (C=N–C) groups is 2. The number of anilines is 1. The monoisotopic (exact) mass is 387 g/mol. The number of rotatable bonds is 4. The fourth-order valence-electron chi connectivity index (χ4n) is 3.83. The normalized spacial score (nSPS) is 18.7. The molecule has 0 amide bonds. The second-order valence-corrected chi connectivity index (χ2v) is 7.42. The molecule has 1 heterocycles. The molecule has 1 aliphatic carbocycles. The maximum Gasteiger partial charge on any atom is 0.490 e. The highest BCUT2D eigenvalue weighted by Gasteiger charge is 2.44. The Balaban J connectivity index is 2.13. The molecule has 1 saturated carbocycles. The average Bonchev–Trinajstić information content (AvgIpc) is 2.60. The number of benzene rings is 1. The third-order valence-corrected chi connectivity index (χ3v) is 4.98. The van der Waals surface area contributed by atoms with Gasteiger partial charge in [-0.15, -0.1) is 0 Å². The van der Waals surface area contributed by atoms with Crippen LogP contribution in [0, 0.1) is 0 Å². The molecule has 0 unspecified atom stereocenters. The molecule has 10 heteroatoms. The van der Waals surface area contributed by atoms with Gasteiger partial charge in [0.2, 0.25) is 11.9 Å². The summed E-state index contributed by atoms with van der Waals surface area (Å²) < 4.78 is 5.27. The molecule has 1 spiro atoms. The Morgan fingerprint density at radius 2 is 1.93 bits per heavy atom. The van der Waals surface area contributed by atoms with E-state index in [-0.39, 0.29) is 29.0 Å². The number of hydrogen-bond donors (Lipinski definition) is 4. The van der Waals surface area contributed by atoms with Gasteiger partial charge in [0.1, 0.15) is 5.66 Å². The minimum Gasteiger partial charge on any atom is -0.459 e. The van der Waals surface area contributed by atoms with E-state index >= 15 is 0 Å². The summed E-state index contributed by atoms with van der Waals surface area (Å²) in [6.45, 7) is 3.52. The zero-order chi connectivity index (χ0) is 20.5. The second-order valence-electron chi connectivity index (χ2n) is 7.42. The smallest absolute Gasteiger partial charge is 0.459 e. The van der Waals surface area contributed by atoms with Crippen LogP contribution in [0.4, 0.5) is 5.69 Å².